The zero-order valence-corrected chi connectivity index (χ0v) is 20.0. The number of rotatable bonds is 4. The van der Waals surface area contributed by atoms with Gasteiger partial charge in [0, 0.05) is 60.5 Å². The van der Waals surface area contributed by atoms with Gasteiger partial charge in [-0.2, -0.15) is 5.10 Å². The van der Waals surface area contributed by atoms with Crippen molar-refractivity contribution in [3.05, 3.63) is 42.2 Å². The van der Waals surface area contributed by atoms with Crippen LogP contribution in [0.15, 0.2) is 36.5 Å². The Morgan fingerprint density at radius 3 is 2.83 bits per heavy atom. The summed E-state index contributed by atoms with van der Waals surface area (Å²) in [5, 5.41) is 14.8. The number of benzene rings is 1. The Kier molecular flexibility index (Phi) is 5.35. The maximum Gasteiger partial charge on any atom is 0.319 e. The van der Waals surface area contributed by atoms with E-state index in [9.17, 15) is 9.59 Å². The molecule has 2 fully saturated rings. The summed E-state index contributed by atoms with van der Waals surface area (Å²) in [6.45, 7) is 4.93. The third-order valence-corrected chi connectivity index (χ3v) is 7.80. The molecule has 1 atom stereocenters. The number of hydrogen-bond acceptors (Lipinski definition) is 4. The fourth-order valence-electron chi connectivity index (χ4n) is 5.62. The Bertz CT molecular complexity index is 1300. The lowest BCUT2D eigenvalue weighted by Gasteiger charge is -2.26. The van der Waals surface area contributed by atoms with Gasteiger partial charge in [-0.25, -0.2) is 9.59 Å². The van der Waals surface area contributed by atoms with E-state index in [0.29, 0.717) is 6.54 Å². The van der Waals surface area contributed by atoms with E-state index in [-0.39, 0.29) is 23.5 Å². The molecule has 4 amide bonds. The van der Waals surface area contributed by atoms with Gasteiger partial charge in [0.05, 0.1) is 16.9 Å². The molecule has 3 N–H and O–H groups in total. The predicted octanol–water partition coefficient (Wildman–Crippen LogP) is 3.85. The molecule has 182 valence electrons. The first-order chi connectivity index (χ1) is 17.0. The van der Waals surface area contributed by atoms with Crippen LogP contribution in [0.1, 0.15) is 44.7 Å². The smallest absolute Gasteiger partial charge is 0.319 e. The van der Waals surface area contributed by atoms with Crippen molar-refractivity contribution in [2.24, 2.45) is 0 Å². The van der Waals surface area contributed by atoms with Gasteiger partial charge in [-0.15, -0.1) is 0 Å². The fourth-order valence-corrected chi connectivity index (χ4v) is 5.62. The number of carbonyl (C=O) groups excluding carboxylic acids is 2. The number of carbonyl (C=O) groups is 2. The van der Waals surface area contributed by atoms with Crippen molar-refractivity contribution in [1.82, 2.24) is 30.3 Å². The molecule has 1 unspecified atom stereocenters. The van der Waals surface area contributed by atoms with Gasteiger partial charge in [0.1, 0.15) is 0 Å². The molecule has 0 radical (unpaired) electrons. The van der Waals surface area contributed by atoms with E-state index >= 15 is 0 Å². The number of aromatic nitrogens is 3. The van der Waals surface area contributed by atoms with Crippen molar-refractivity contribution < 1.29 is 9.59 Å². The Balaban J connectivity index is 1.27. The highest BCUT2D eigenvalue weighted by Crippen LogP contribution is 2.44. The van der Waals surface area contributed by atoms with E-state index in [1.165, 1.54) is 12.1 Å². The molecule has 1 saturated carbocycles. The molecule has 9 heteroatoms. The van der Waals surface area contributed by atoms with E-state index in [1.807, 2.05) is 36.2 Å². The van der Waals surface area contributed by atoms with Crippen LogP contribution in [0.5, 0.6) is 0 Å². The van der Waals surface area contributed by atoms with Crippen LogP contribution in [0.3, 0.4) is 0 Å². The third-order valence-electron chi connectivity index (χ3n) is 7.80. The standard InChI is InChI=1S/C26H31N7O2/c1-2-27-25(35)32-11-9-26(16-32)10-12-33-23(26)14-22(31-33)17-13-19-20(28-15-17)7-4-8-21(19)30-24(34)29-18-5-3-6-18/h4,7-8,13-15,18H,2-3,5-6,9-12,16H2,1H3,(H,27,35)(H2,29,30,34). The summed E-state index contributed by atoms with van der Waals surface area (Å²) in [6, 6.07) is 10.1. The molecule has 35 heavy (non-hydrogen) atoms. The second-order valence-electron chi connectivity index (χ2n) is 10.00. The first kappa shape index (κ1) is 21.9. The molecule has 1 aliphatic carbocycles. The molecule has 0 bridgehead atoms. The summed E-state index contributed by atoms with van der Waals surface area (Å²) in [7, 11) is 0. The van der Waals surface area contributed by atoms with E-state index < -0.39 is 0 Å². The number of urea groups is 2. The molecule has 1 spiro atoms. The Labute approximate surface area is 204 Å². The van der Waals surface area contributed by atoms with Crippen LogP contribution in [-0.4, -0.2) is 57.4 Å². The maximum absolute atomic E-state index is 12.5. The van der Waals surface area contributed by atoms with Gasteiger partial charge >= 0.3 is 12.1 Å². The van der Waals surface area contributed by atoms with Crippen molar-refractivity contribution in [3.8, 4) is 11.3 Å². The van der Waals surface area contributed by atoms with Gasteiger partial charge in [-0.05, 0) is 63.3 Å². The minimum absolute atomic E-state index is 0.0164. The van der Waals surface area contributed by atoms with Crippen LogP contribution in [0.4, 0.5) is 15.3 Å². The minimum Gasteiger partial charge on any atom is -0.338 e. The number of hydrogen-bond donors (Lipinski definition) is 3. The maximum atomic E-state index is 12.5. The van der Waals surface area contributed by atoms with Crippen molar-refractivity contribution in [2.45, 2.75) is 57.0 Å². The van der Waals surface area contributed by atoms with Gasteiger partial charge in [0.2, 0.25) is 0 Å². The molecule has 9 nitrogen and oxygen atoms in total. The summed E-state index contributed by atoms with van der Waals surface area (Å²) >= 11 is 0. The minimum atomic E-state index is -0.173. The average Bonchev–Trinajstić information content (AvgIpc) is 3.53. The molecule has 6 rings (SSSR count). The number of pyridine rings is 1. The van der Waals surface area contributed by atoms with Gasteiger partial charge in [-0.1, -0.05) is 6.07 Å². The number of nitrogens with zero attached hydrogens (tertiary/aromatic N) is 4. The van der Waals surface area contributed by atoms with Crippen molar-refractivity contribution in [2.75, 3.05) is 25.0 Å². The number of amides is 4. The summed E-state index contributed by atoms with van der Waals surface area (Å²) in [6.07, 6.45) is 7.07. The van der Waals surface area contributed by atoms with E-state index in [1.54, 1.807) is 0 Å². The van der Waals surface area contributed by atoms with Gasteiger partial charge < -0.3 is 20.9 Å². The highest BCUT2D eigenvalue weighted by atomic mass is 16.2. The van der Waals surface area contributed by atoms with Crippen LogP contribution in [0.25, 0.3) is 22.2 Å². The van der Waals surface area contributed by atoms with Crippen LogP contribution < -0.4 is 16.0 Å². The number of likely N-dealkylation sites (tertiary alicyclic amines) is 1. The fraction of sp³-hybridized carbons (Fsp3) is 0.462. The topological polar surface area (TPSA) is 104 Å². The van der Waals surface area contributed by atoms with E-state index in [2.05, 4.69) is 37.7 Å². The molecule has 1 saturated heterocycles. The van der Waals surface area contributed by atoms with Crippen LogP contribution in [-0.2, 0) is 12.0 Å². The van der Waals surface area contributed by atoms with E-state index in [0.717, 1.165) is 73.2 Å². The summed E-state index contributed by atoms with van der Waals surface area (Å²) in [5.41, 5.74) is 4.52. The number of nitrogens with one attached hydrogen (secondary N) is 3. The second-order valence-corrected chi connectivity index (χ2v) is 10.00. The predicted molar refractivity (Wildman–Crippen MR) is 134 cm³/mol. The van der Waals surface area contributed by atoms with Crippen LogP contribution >= 0.6 is 0 Å². The largest absolute Gasteiger partial charge is 0.338 e. The highest BCUT2D eigenvalue weighted by molar-refractivity contribution is 6.01. The monoisotopic (exact) mass is 473 g/mol. The number of anilines is 1. The van der Waals surface area contributed by atoms with Gasteiger partial charge in [-0.3, -0.25) is 9.67 Å². The first-order valence-electron chi connectivity index (χ1n) is 12.6. The molecule has 2 aromatic heterocycles. The lowest BCUT2D eigenvalue weighted by Crippen LogP contribution is -2.41. The normalized spacial score (nSPS) is 21.2. The van der Waals surface area contributed by atoms with Crippen molar-refractivity contribution >= 4 is 28.7 Å². The molecule has 3 aromatic rings. The molecular weight excluding hydrogens is 442 g/mol. The second kappa shape index (κ2) is 8.55. The molecule has 1 aromatic carbocycles. The zero-order chi connectivity index (χ0) is 24.0. The quantitative estimate of drug-likeness (QED) is 0.535. The van der Waals surface area contributed by atoms with Crippen molar-refractivity contribution in [1.29, 1.82) is 0 Å². The van der Waals surface area contributed by atoms with Crippen LogP contribution in [0, 0.1) is 0 Å². The van der Waals surface area contributed by atoms with Gasteiger partial charge in [0.15, 0.2) is 0 Å². The highest BCUT2D eigenvalue weighted by Gasteiger charge is 2.46. The Hall–Kier alpha value is -3.62. The van der Waals surface area contributed by atoms with Crippen molar-refractivity contribution in [3.63, 3.8) is 0 Å². The third kappa shape index (κ3) is 3.88. The summed E-state index contributed by atoms with van der Waals surface area (Å²) < 4.78 is 2.09. The molecule has 2 aliphatic heterocycles. The lowest BCUT2D eigenvalue weighted by molar-refractivity contribution is 0.206. The van der Waals surface area contributed by atoms with Gasteiger partial charge in [0.25, 0.3) is 0 Å². The Morgan fingerprint density at radius 2 is 2.03 bits per heavy atom. The molecular formula is C26H31N7O2. The molecule has 4 heterocycles. The summed E-state index contributed by atoms with van der Waals surface area (Å²) in [5.74, 6) is 0. The molecule has 3 aliphatic rings. The number of fused-ring (bicyclic) bond motifs is 3. The first-order valence-corrected chi connectivity index (χ1v) is 12.6. The summed E-state index contributed by atoms with van der Waals surface area (Å²) in [4.78, 5) is 31.4. The average molecular weight is 474 g/mol. The van der Waals surface area contributed by atoms with E-state index in [4.69, 9.17) is 5.10 Å². The van der Waals surface area contributed by atoms with Crippen LogP contribution in [0.2, 0.25) is 0 Å². The zero-order valence-electron chi connectivity index (χ0n) is 20.0. The number of aryl methyl sites for hydroxylation is 1. The lowest BCUT2D eigenvalue weighted by atomic mass is 9.82. The Morgan fingerprint density at radius 1 is 1.17 bits per heavy atom. The SMILES string of the molecule is CCNC(=O)N1CCC2(CCn3nc(-c4cnc5cccc(NC(=O)NC6CCC6)c5c4)cc32)C1.